The van der Waals surface area contributed by atoms with Gasteiger partial charge in [-0.3, -0.25) is 9.52 Å². The van der Waals surface area contributed by atoms with Crippen molar-refractivity contribution in [3.8, 4) is 5.75 Å². The van der Waals surface area contributed by atoms with Crippen LogP contribution in [0.4, 0.5) is 24.5 Å². The Morgan fingerprint density at radius 1 is 1.00 bits per heavy atom. The number of halogens is 5. The van der Waals surface area contributed by atoms with E-state index in [1.807, 2.05) is 0 Å². The molecule has 12 heteroatoms. The topological polar surface area (TPSA) is 84.5 Å². The highest BCUT2D eigenvalue weighted by Crippen LogP contribution is 2.37. The van der Waals surface area contributed by atoms with Crippen molar-refractivity contribution in [3.05, 3.63) is 81.8 Å². The Bertz CT molecular complexity index is 1320. The predicted octanol–water partition coefficient (Wildman–Crippen LogP) is 6.07. The first-order valence-corrected chi connectivity index (χ1v) is 11.3. The highest BCUT2D eigenvalue weighted by Gasteiger charge is 2.33. The van der Waals surface area contributed by atoms with Crippen molar-refractivity contribution in [1.29, 1.82) is 0 Å². The summed E-state index contributed by atoms with van der Waals surface area (Å²) < 4.78 is 72.1. The molecular formula is C21H15Cl2F3N2O4S. The minimum Gasteiger partial charge on any atom is -0.495 e. The van der Waals surface area contributed by atoms with Crippen LogP contribution in [0.3, 0.4) is 0 Å². The number of sulfonamides is 1. The van der Waals surface area contributed by atoms with E-state index in [1.54, 1.807) is 12.1 Å². The van der Waals surface area contributed by atoms with E-state index < -0.39 is 32.7 Å². The number of ether oxygens (including phenoxy) is 1. The second-order valence-corrected chi connectivity index (χ2v) is 9.15. The van der Waals surface area contributed by atoms with Crippen molar-refractivity contribution >= 4 is 50.5 Å². The number of benzene rings is 3. The van der Waals surface area contributed by atoms with Crippen LogP contribution in [0.15, 0.2) is 65.6 Å². The molecule has 6 nitrogen and oxygen atoms in total. The maximum absolute atomic E-state index is 13.1. The zero-order valence-electron chi connectivity index (χ0n) is 16.7. The van der Waals surface area contributed by atoms with Gasteiger partial charge in [-0.1, -0.05) is 29.3 Å². The Labute approximate surface area is 197 Å². The van der Waals surface area contributed by atoms with E-state index in [-0.39, 0.29) is 27.6 Å². The van der Waals surface area contributed by atoms with Crippen LogP contribution in [0.2, 0.25) is 10.0 Å². The quantitative estimate of drug-likeness (QED) is 0.414. The van der Waals surface area contributed by atoms with Crippen LogP contribution in [0.1, 0.15) is 15.9 Å². The highest BCUT2D eigenvalue weighted by atomic mass is 35.5. The molecule has 2 N–H and O–H groups in total. The number of amides is 1. The summed E-state index contributed by atoms with van der Waals surface area (Å²) in [5, 5.41) is 2.30. The number of rotatable bonds is 6. The van der Waals surface area contributed by atoms with Crippen LogP contribution in [-0.4, -0.2) is 21.4 Å². The first-order chi connectivity index (χ1) is 15.4. The molecule has 3 aromatic carbocycles. The van der Waals surface area contributed by atoms with Crippen LogP contribution >= 0.6 is 23.2 Å². The lowest BCUT2D eigenvalue weighted by molar-refractivity contribution is -0.137. The molecule has 0 aliphatic carbocycles. The van der Waals surface area contributed by atoms with Gasteiger partial charge in [0.1, 0.15) is 5.75 Å². The van der Waals surface area contributed by atoms with Gasteiger partial charge >= 0.3 is 6.18 Å². The highest BCUT2D eigenvalue weighted by molar-refractivity contribution is 7.92. The molecule has 0 heterocycles. The van der Waals surface area contributed by atoms with Gasteiger partial charge in [-0.15, -0.1) is 0 Å². The third-order valence-electron chi connectivity index (χ3n) is 4.34. The van der Waals surface area contributed by atoms with Crippen LogP contribution in [0.5, 0.6) is 5.75 Å². The molecule has 0 saturated heterocycles. The summed E-state index contributed by atoms with van der Waals surface area (Å²) in [6.07, 6.45) is -4.77. The second-order valence-electron chi connectivity index (χ2n) is 6.62. The molecule has 0 aliphatic rings. The Balaban J connectivity index is 1.92. The van der Waals surface area contributed by atoms with Crippen LogP contribution in [-0.2, 0) is 16.2 Å². The fourth-order valence-corrected chi connectivity index (χ4v) is 4.29. The molecule has 33 heavy (non-hydrogen) atoms. The summed E-state index contributed by atoms with van der Waals surface area (Å²) in [7, 11) is -3.01. The van der Waals surface area contributed by atoms with Gasteiger partial charge in [0.25, 0.3) is 15.9 Å². The van der Waals surface area contributed by atoms with E-state index in [0.29, 0.717) is 11.1 Å². The molecular weight excluding hydrogens is 504 g/mol. The minimum atomic E-state index is -4.77. The fraction of sp³-hybridized carbons (Fsp3) is 0.0952. The number of alkyl halides is 3. The second kappa shape index (κ2) is 9.50. The smallest absolute Gasteiger partial charge is 0.417 e. The Morgan fingerprint density at radius 2 is 1.73 bits per heavy atom. The Morgan fingerprint density at radius 3 is 2.36 bits per heavy atom. The van der Waals surface area contributed by atoms with E-state index in [1.165, 1.54) is 31.4 Å². The van der Waals surface area contributed by atoms with E-state index in [0.717, 1.165) is 18.2 Å². The molecule has 1 amide bonds. The molecule has 174 valence electrons. The van der Waals surface area contributed by atoms with Gasteiger partial charge in [0.15, 0.2) is 0 Å². The molecule has 3 aromatic rings. The zero-order valence-corrected chi connectivity index (χ0v) is 19.0. The van der Waals surface area contributed by atoms with E-state index >= 15 is 0 Å². The number of carbonyl (C=O) groups excluding carboxylic acids is 1. The summed E-state index contributed by atoms with van der Waals surface area (Å²) in [5.74, 6) is -0.416. The van der Waals surface area contributed by atoms with Crippen molar-refractivity contribution in [1.82, 2.24) is 0 Å². The molecule has 0 saturated carbocycles. The molecule has 3 rings (SSSR count). The molecule has 0 atom stereocenters. The Kier molecular flexibility index (Phi) is 7.11. The monoisotopic (exact) mass is 518 g/mol. The van der Waals surface area contributed by atoms with Crippen molar-refractivity contribution in [2.45, 2.75) is 11.1 Å². The van der Waals surface area contributed by atoms with E-state index in [2.05, 4.69) is 10.0 Å². The van der Waals surface area contributed by atoms with Gasteiger partial charge in [0.05, 0.1) is 28.3 Å². The lowest BCUT2D eigenvalue weighted by atomic mass is 10.2. The van der Waals surface area contributed by atoms with Crippen molar-refractivity contribution in [3.63, 3.8) is 0 Å². The molecule has 0 fully saturated rings. The van der Waals surface area contributed by atoms with Gasteiger partial charge < -0.3 is 10.1 Å². The minimum absolute atomic E-state index is 0.0254. The average Bonchev–Trinajstić information content (AvgIpc) is 2.74. The van der Waals surface area contributed by atoms with Gasteiger partial charge in [0.2, 0.25) is 0 Å². The number of methoxy groups -OCH3 is 1. The van der Waals surface area contributed by atoms with Crippen molar-refractivity contribution in [2.75, 3.05) is 17.1 Å². The molecule has 0 spiro atoms. The predicted molar refractivity (Wildman–Crippen MR) is 120 cm³/mol. The third-order valence-corrected chi connectivity index (χ3v) is 6.28. The molecule has 0 unspecified atom stereocenters. The SMILES string of the molecule is COc1ccc(S(=O)(=O)Nc2ccc(Cl)c(C(F)(F)F)c2)cc1NC(=O)c1cccc(Cl)c1. The molecule has 0 aliphatic heterocycles. The average molecular weight is 519 g/mol. The van der Waals surface area contributed by atoms with Crippen molar-refractivity contribution < 1.29 is 31.1 Å². The molecule has 0 radical (unpaired) electrons. The summed E-state index contributed by atoms with van der Waals surface area (Å²) in [4.78, 5) is 12.2. The van der Waals surface area contributed by atoms with Crippen LogP contribution < -0.4 is 14.8 Å². The van der Waals surface area contributed by atoms with Crippen LogP contribution in [0, 0.1) is 0 Å². The standard InChI is InChI=1S/C21H15Cl2F3N2O4S/c1-32-19-8-6-15(11-18(19)27-20(29)12-3-2-4-13(22)9-12)33(30,31)28-14-5-7-17(23)16(10-14)21(24,25)26/h2-11,28H,1H3,(H,27,29). The fourth-order valence-electron chi connectivity index (χ4n) is 2.80. The number of hydrogen-bond donors (Lipinski definition) is 2. The summed E-state index contributed by atoms with van der Waals surface area (Å²) in [5.41, 5.74) is -1.28. The summed E-state index contributed by atoms with van der Waals surface area (Å²) >= 11 is 11.5. The van der Waals surface area contributed by atoms with Gasteiger partial charge in [-0.25, -0.2) is 8.42 Å². The maximum Gasteiger partial charge on any atom is 0.417 e. The lowest BCUT2D eigenvalue weighted by Crippen LogP contribution is -2.16. The lowest BCUT2D eigenvalue weighted by Gasteiger charge is -2.15. The normalized spacial score (nSPS) is 11.7. The number of hydrogen-bond acceptors (Lipinski definition) is 4. The maximum atomic E-state index is 13.1. The number of carbonyl (C=O) groups is 1. The molecule has 0 aromatic heterocycles. The van der Waals surface area contributed by atoms with E-state index in [4.69, 9.17) is 27.9 Å². The third kappa shape index (κ3) is 5.89. The number of anilines is 2. The number of nitrogens with one attached hydrogen (secondary N) is 2. The van der Waals surface area contributed by atoms with Gasteiger partial charge in [-0.2, -0.15) is 13.2 Å². The van der Waals surface area contributed by atoms with E-state index in [9.17, 15) is 26.4 Å². The Hall–Kier alpha value is -2.95. The largest absolute Gasteiger partial charge is 0.495 e. The zero-order chi connectivity index (χ0) is 24.4. The van der Waals surface area contributed by atoms with Crippen LogP contribution in [0.25, 0.3) is 0 Å². The van der Waals surface area contributed by atoms with Gasteiger partial charge in [-0.05, 0) is 54.6 Å². The summed E-state index contributed by atoms with van der Waals surface area (Å²) in [6, 6.07) is 12.3. The first-order valence-electron chi connectivity index (χ1n) is 9.05. The van der Waals surface area contributed by atoms with Crippen molar-refractivity contribution in [2.24, 2.45) is 0 Å². The molecule has 0 bridgehead atoms. The first kappa shape index (κ1) is 24.7. The van der Waals surface area contributed by atoms with Gasteiger partial charge in [0, 0.05) is 16.3 Å². The summed E-state index contributed by atoms with van der Waals surface area (Å²) in [6.45, 7) is 0.